The number of hydrogen-bond donors (Lipinski definition) is 0. The number of rotatable bonds is 2. The van der Waals surface area contributed by atoms with Crippen molar-refractivity contribution in [3.05, 3.63) is 16.3 Å². The Morgan fingerprint density at radius 3 is 3.00 bits per heavy atom. The molecule has 1 aromatic heterocycles. The molecule has 2 rings (SSSR count). The van der Waals surface area contributed by atoms with Crippen molar-refractivity contribution in [2.45, 2.75) is 24.8 Å². The quantitative estimate of drug-likeness (QED) is 0.755. The molecule has 0 spiro atoms. The van der Waals surface area contributed by atoms with Gasteiger partial charge in [-0.15, -0.1) is 11.3 Å². The monoisotopic (exact) mass is 217 g/mol. The van der Waals surface area contributed by atoms with Crippen molar-refractivity contribution in [1.29, 1.82) is 0 Å². The molecule has 2 heterocycles. The summed E-state index contributed by atoms with van der Waals surface area (Å²) in [6, 6.07) is 1.70. The van der Waals surface area contributed by atoms with Crippen LogP contribution in [-0.2, 0) is 16.6 Å². The van der Waals surface area contributed by atoms with Crippen LogP contribution in [0.5, 0.6) is 0 Å². The molecule has 0 saturated heterocycles. The average Bonchev–Trinajstić information content (AvgIpc) is 2.58. The normalized spacial score (nSPS) is 20.4. The van der Waals surface area contributed by atoms with E-state index >= 15 is 0 Å². The summed E-state index contributed by atoms with van der Waals surface area (Å²) >= 11 is 1.52. The van der Waals surface area contributed by atoms with E-state index in [9.17, 15) is 8.42 Å². The van der Waals surface area contributed by atoms with E-state index in [1.165, 1.54) is 11.3 Å². The summed E-state index contributed by atoms with van der Waals surface area (Å²) < 4.78 is 25.1. The van der Waals surface area contributed by atoms with Crippen LogP contribution in [0.25, 0.3) is 0 Å². The lowest BCUT2D eigenvalue weighted by atomic mass is 10.4. The molecule has 0 N–H and O–H groups in total. The second kappa shape index (κ2) is 3.08. The standard InChI is InChI=1S/C8H11NO2S2/c1-2-4-9-6-7-8(3-5-12-7)13(9,10)11/h3,5H,2,4,6H2,1H3. The van der Waals surface area contributed by atoms with Gasteiger partial charge >= 0.3 is 0 Å². The number of hydrogen-bond acceptors (Lipinski definition) is 3. The van der Waals surface area contributed by atoms with Crippen LogP contribution in [0.15, 0.2) is 16.3 Å². The summed E-state index contributed by atoms with van der Waals surface area (Å²) in [5, 5.41) is 1.84. The van der Waals surface area contributed by atoms with Crippen LogP contribution in [0.4, 0.5) is 0 Å². The summed E-state index contributed by atoms with van der Waals surface area (Å²) in [5.74, 6) is 0. The van der Waals surface area contributed by atoms with E-state index < -0.39 is 10.0 Å². The lowest BCUT2D eigenvalue weighted by Gasteiger charge is -2.12. The Morgan fingerprint density at radius 2 is 2.38 bits per heavy atom. The lowest BCUT2D eigenvalue weighted by Crippen LogP contribution is -2.25. The van der Waals surface area contributed by atoms with E-state index in [-0.39, 0.29) is 0 Å². The third-order valence-corrected chi connectivity index (χ3v) is 5.08. The zero-order chi connectivity index (χ0) is 9.47. The van der Waals surface area contributed by atoms with Gasteiger partial charge in [-0.3, -0.25) is 0 Å². The summed E-state index contributed by atoms with van der Waals surface area (Å²) in [5.41, 5.74) is 0. The van der Waals surface area contributed by atoms with E-state index in [4.69, 9.17) is 0 Å². The Bertz CT molecular complexity index is 408. The predicted octanol–water partition coefficient (Wildman–Crippen LogP) is 1.66. The Morgan fingerprint density at radius 1 is 1.62 bits per heavy atom. The minimum atomic E-state index is -3.12. The van der Waals surface area contributed by atoms with Gasteiger partial charge in [-0.1, -0.05) is 6.92 Å². The maximum atomic E-state index is 11.8. The molecule has 0 radical (unpaired) electrons. The van der Waals surface area contributed by atoms with Gasteiger partial charge in [-0.2, -0.15) is 4.31 Å². The first kappa shape index (κ1) is 9.18. The molecule has 0 saturated carbocycles. The van der Waals surface area contributed by atoms with Crippen LogP contribution < -0.4 is 0 Å². The first-order chi connectivity index (χ1) is 6.16. The Balaban J connectivity index is 2.41. The van der Waals surface area contributed by atoms with Gasteiger partial charge in [0.15, 0.2) is 0 Å². The van der Waals surface area contributed by atoms with Gasteiger partial charge in [0.25, 0.3) is 0 Å². The first-order valence-electron chi connectivity index (χ1n) is 4.22. The SMILES string of the molecule is CCCN1Cc2sccc2S1(=O)=O. The summed E-state index contributed by atoms with van der Waals surface area (Å²) in [6.45, 7) is 3.19. The van der Waals surface area contributed by atoms with Crippen LogP contribution in [0.1, 0.15) is 18.2 Å². The van der Waals surface area contributed by atoms with Crippen LogP contribution in [0.3, 0.4) is 0 Å². The molecule has 0 unspecified atom stereocenters. The van der Waals surface area contributed by atoms with E-state index in [1.54, 1.807) is 10.4 Å². The number of thiophene rings is 1. The van der Waals surface area contributed by atoms with Crippen LogP contribution in [-0.4, -0.2) is 19.3 Å². The zero-order valence-electron chi connectivity index (χ0n) is 7.36. The lowest BCUT2D eigenvalue weighted by molar-refractivity contribution is 0.425. The molecule has 3 nitrogen and oxygen atoms in total. The highest BCUT2D eigenvalue weighted by atomic mass is 32.2. The Kier molecular flexibility index (Phi) is 2.17. The molecule has 72 valence electrons. The molecule has 0 bridgehead atoms. The van der Waals surface area contributed by atoms with Gasteiger partial charge in [0.05, 0.1) is 4.90 Å². The third kappa shape index (κ3) is 1.31. The van der Waals surface area contributed by atoms with E-state index in [0.29, 0.717) is 18.0 Å². The second-order valence-electron chi connectivity index (χ2n) is 3.05. The molecule has 13 heavy (non-hydrogen) atoms. The largest absolute Gasteiger partial charge is 0.244 e. The fourth-order valence-corrected chi connectivity index (χ4v) is 4.51. The number of fused-ring (bicyclic) bond motifs is 1. The predicted molar refractivity (Wildman–Crippen MR) is 52.2 cm³/mol. The zero-order valence-corrected chi connectivity index (χ0v) is 8.99. The molecule has 0 atom stereocenters. The van der Waals surface area contributed by atoms with Crippen LogP contribution in [0.2, 0.25) is 0 Å². The smallest absolute Gasteiger partial charge is 0.207 e. The number of nitrogens with zero attached hydrogens (tertiary/aromatic N) is 1. The topological polar surface area (TPSA) is 37.4 Å². The van der Waals surface area contributed by atoms with Gasteiger partial charge in [0.2, 0.25) is 10.0 Å². The Labute approximate surface area is 82.0 Å². The maximum absolute atomic E-state index is 11.8. The van der Waals surface area contributed by atoms with Crippen molar-refractivity contribution in [2.24, 2.45) is 0 Å². The summed E-state index contributed by atoms with van der Waals surface area (Å²) in [6.07, 6.45) is 0.869. The minimum Gasteiger partial charge on any atom is -0.207 e. The fraction of sp³-hybridized carbons (Fsp3) is 0.500. The molecule has 1 aliphatic heterocycles. The molecule has 0 aromatic carbocycles. The molecule has 1 aliphatic rings. The molecule has 0 aliphatic carbocycles. The molecule has 5 heteroatoms. The van der Waals surface area contributed by atoms with Crippen LogP contribution >= 0.6 is 11.3 Å². The highest BCUT2D eigenvalue weighted by Crippen LogP contribution is 2.33. The molecule has 1 aromatic rings. The van der Waals surface area contributed by atoms with Crippen molar-refractivity contribution >= 4 is 21.4 Å². The maximum Gasteiger partial charge on any atom is 0.244 e. The average molecular weight is 217 g/mol. The molecule has 0 amide bonds. The van der Waals surface area contributed by atoms with Crippen molar-refractivity contribution < 1.29 is 8.42 Å². The van der Waals surface area contributed by atoms with E-state index in [0.717, 1.165) is 11.3 Å². The van der Waals surface area contributed by atoms with Gasteiger partial charge in [-0.05, 0) is 17.9 Å². The Hall–Kier alpha value is -0.390. The van der Waals surface area contributed by atoms with Crippen molar-refractivity contribution in [3.8, 4) is 0 Å². The molecule has 0 fully saturated rings. The third-order valence-electron chi connectivity index (χ3n) is 2.12. The van der Waals surface area contributed by atoms with Crippen LogP contribution in [0, 0.1) is 0 Å². The second-order valence-corrected chi connectivity index (χ2v) is 5.95. The minimum absolute atomic E-state index is 0.519. The first-order valence-corrected chi connectivity index (χ1v) is 6.54. The van der Waals surface area contributed by atoms with E-state index in [1.807, 2.05) is 12.3 Å². The fourth-order valence-electron chi connectivity index (χ4n) is 1.51. The summed E-state index contributed by atoms with van der Waals surface area (Å²) in [4.78, 5) is 1.50. The van der Waals surface area contributed by atoms with E-state index in [2.05, 4.69) is 0 Å². The van der Waals surface area contributed by atoms with Crippen molar-refractivity contribution in [2.75, 3.05) is 6.54 Å². The van der Waals surface area contributed by atoms with Crippen molar-refractivity contribution in [1.82, 2.24) is 4.31 Å². The highest BCUT2D eigenvalue weighted by molar-refractivity contribution is 7.89. The van der Waals surface area contributed by atoms with Gasteiger partial charge in [0.1, 0.15) is 0 Å². The number of sulfonamides is 1. The summed E-state index contributed by atoms with van der Waals surface area (Å²) in [7, 11) is -3.12. The van der Waals surface area contributed by atoms with Gasteiger partial charge in [0, 0.05) is 18.0 Å². The molecular weight excluding hydrogens is 206 g/mol. The van der Waals surface area contributed by atoms with Crippen molar-refractivity contribution in [3.63, 3.8) is 0 Å². The van der Waals surface area contributed by atoms with Gasteiger partial charge in [-0.25, -0.2) is 8.42 Å². The van der Waals surface area contributed by atoms with Gasteiger partial charge < -0.3 is 0 Å². The highest BCUT2D eigenvalue weighted by Gasteiger charge is 2.34. The molecular formula is C8H11NO2S2.